The molecule has 0 bridgehead atoms. The highest BCUT2D eigenvalue weighted by Crippen LogP contribution is 2.21. The number of aromatic nitrogens is 2. The van der Waals surface area contributed by atoms with Crippen molar-refractivity contribution in [3.05, 3.63) is 11.9 Å². The molecule has 0 aliphatic heterocycles. The van der Waals surface area contributed by atoms with Crippen molar-refractivity contribution in [2.45, 2.75) is 26.3 Å². The Labute approximate surface area is 82.8 Å². The minimum absolute atomic E-state index is 0.344. The first kappa shape index (κ1) is 10.6. The lowest BCUT2D eigenvalue weighted by Gasteiger charge is -2.23. The maximum Gasteiger partial charge on any atom is 0.333 e. The topological polar surface area (TPSA) is 70.1 Å². The number of methoxy groups -OCH3 is 1. The number of anilines is 1. The Hall–Kier alpha value is -1.52. The summed E-state index contributed by atoms with van der Waals surface area (Å²) in [7, 11) is 1.35. The Morgan fingerprint density at radius 1 is 1.64 bits per heavy atom. The summed E-state index contributed by atoms with van der Waals surface area (Å²) in [6.45, 7) is 5.28. The van der Waals surface area contributed by atoms with E-state index in [0.717, 1.165) is 5.69 Å². The van der Waals surface area contributed by atoms with Gasteiger partial charge in [-0.2, -0.15) is 5.10 Å². The Balaban J connectivity index is 3.16. The standard InChI is InChI=1S/C9H15N3O2/c1-6-7(10)5-11-12(6)9(2,3)8(13)14-4/h5H,10H2,1-4H3. The Morgan fingerprint density at radius 3 is 2.57 bits per heavy atom. The fraction of sp³-hybridized carbons (Fsp3) is 0.556. The quantitative estimate of drug-likeness (QED) is 0.708. The first-order chi connectivity index (χ1) is 6.41. The zero-order valence-electron chi connectivity index (χ0n) is 8.87. The van der Waals surface area contributed by atoms with E-state index >= 15 is 0 Å². The van der Waals surface area contributed by atoms with Crippen LogP contribution < -0.4 is 5.73 Å². The van der Waals surface area contributed by atoms with Gasteiger partial charge in [0, 0.05) is 0 Å². The predicted molar refractivity (Wildman–Crippen MR) is 52.7 cm³/mol. The molecule has 0 unspecified atom stereocenters. The average Bonchev–Trinajstić information content (AvgIpc) is 2.46. The van der Waals surface area contributed by atoms with Gasteiger partial charge in [-0.25, -0.2) is 4.79 Å². The number of hydrogen-bond acceptors (Lipinski definition) is 4. The Morgan fingerprint density at radius 2 is 2.21 bits per heavy atom. The molecule has 0 saturated heterocycles. The van der Waals surface area contributed by atoms with Crippen LogP contribution in [0.4, 0.5) is 5.69 Å². The van der Waals surface area contributed by atoms with Gasteiger partial charge in [-0.15, -0.1) is 0 Å². The van der Waals surface area contributed by atoms with Crippen LogP contribution in [0, 0.1) is 6.92 Å². The van der Waals surface area contributed by atoms with E-state index in [1.54, 1.807) is 18.5 Å². The highest BCUT2D eigenvalue weighted by atomic mass is 16.5. The molecule has 0 amide bonds. The first-order valence-corrected chi connectivity index (χ1v) is 4.30. The van der Waals surface area contributed by atoms with E-state index in [2.05, 4.69) is 5.10 Å². The van der Waals surface area contributed by atoms with Crippen LogP contribution in [0.2, 0.25) is 0 Å². The number of nitrogen functional groups attached to an aromatic ring is 1. The summed E-state index contributed by atoms with van der Waals surface area (Å²) < 4.78 is 6.26. The van der Waals surface area contributed by atoms with Crippen LogP contribution in [0.15, 0.2) is 6.20 Å². The van der Waals surface area contributed by atoms with E-state index in [1.165, 1.54) is 13.3 Å². The smallest absolute Gasteiger partial charge is 0.333 e. The van der Waals surface area contributed by atoms with Gasteiger partial charge in [0.25, 0.3) is 0 Å². The van der Waals surface area contributed by atoms with Crippen molar-refractivity contribution < 1.29 is 9.53 Å². The minimum Gasteiger partial charge on any atom is -0.467 e. The molecule has 0 atom stereocenters. The lowest BCUT2D eigenvalue weighted by molar-refractivity contribution is -0.150. The summed E-state index contributed by atoms with van der Waals surface area (Å²) >= 11 is 0. The summed E-state index contributed by atoms with van der Waals surface area (Å²) in [6.07, 6.45) is 1.53. The third-order valence-electron chi connectivity index (χ3n) is 2.26. The van der Waals surface area contributed by atoms with Crippen LogP contribution in [0.3, 0.4) is 0 Å². The Bertz CT molecular complexity index is 355. The normalized spacial score (nSPS) is 11.4. The van der Waals surface area contributed by atoms with Crippen LogP contribution in [0.5, 0.6) is 0 Å². The highest BCUT2D eigenvalue weighted by Gasteiger charge is 2.33. The summed E-state index contributed by atoms with van der Waals surface area (Å²) in [4.78, 5) is 11.5. The summed E-state index contributed by atoms with van der Waals surface area (Å²) in [5.41, 5.74) is 6.16. The van der Waals surface area contributed by atoms with Crippen molar-refractivity contribution in [2.24, 2.45) is 0 Å². The third-order valence-corrected chi connectivity index (χ3v) is 2.26. The number of carbonyl (C=O) groups excluding carboxylic acids is 1. The molecule has 78 valence electrons. The molecule has 0 saturated carbocycles. The lowest BCUT2D eigenvalue weighted by atomic mass is 10.1. The van der Waals surface area contributed by atoms with Gasteiger partial charge in [-0.3, -0.25) is 4.68 Å². The molecule has 14 heavy (non-hydrogen) atoms. The maximum absolute atomic E-state index is 11.5. The molecule has 1 heterocycles. The molecule has 1 rings (SSSR count). The molecule has 0 aliphatic rings. The van der Waals surface area contributed by atoms with E-state index in [-0.39, 0.29) is 5.97 Å². The molecule has 1 aromatic rings. The monoisotopic (exact) mass is 197 g/mol. The van der Waals surface area contributed by atoms with Crippen LogP contribution >= 0.6 is 0 Å². The van der Waals surface area contributed by atoms with Crippen molar-refractivity contribution in [1.29, 1.82) is 0 Å². The van der Waals surface area contributed by atoms with E-state index in [0.29, 0.717) is 5.69 Å². The van der Waals surface area contributed by atoms with Crippen molar-refractivity contribution in [3.8, 4) is 0 Å². The molecule has 0 radical (unpaired) electrons. The second-order valence-corrected chi connectivity index (χ2v) is 3.65. The van der Waals surface area contributed by atoms with Gasteiger partial charge in [0.2, 0.25) is 0 Å². The summed E-state index contributed by atoms with van der Waals surface area (Å²) in [6, 6.07) is 0. The van der Waals surface area contributed by atoms with Crippen molar-refractivity contribution in [2.75, 3.05) is 12.8 Å². The predicted octanol–water partition coefficient (Wildman–Crippen LogP) is 0.682. The molecule has 0 aromatic carbocycles. The van der Waals surface area contributed by atoms with Crippen LogP contribution in [-0.4, -0.2) is 22.9 Å². The number of nitrogens with two attached hydrogens (primary N) is 1. The number of esters is 1. The number of carbonyl (C=O) groups is 1. The molecular weight excluding hydrogens is 182 g/mol. The van der Waals surface area contributed by atoms with Crippen LogP contribution in [0.1, 0.15) is 19.5 Å². The number of ether oxygens (including phenoxy) is 1. The van der Waals surface area contributed by atoms with Gasteiger partial charge in [0.1, 0.15) is 0 Å². The second-order valence-electron chi connectivity index (χ2n) is 3.65. The fourth-order valence-electron chi connectivity index (χ4n) is 1.32. The van der Waals surface area contributed by atoms with Gasteiger partial charge in [-0.1, -0.05) is 0 Å². The first-order valence-electron chi connectivity index (χ1n) is 4.30. The molecule has 2 N–H and O–H groups in total. The number of rotatable bonds is 2. The zero-order chi connectivity index (χ0) is 10.9. The van der Waals surface area contributed by atoms with E-state index in [9.17, 15) is 4.79 Å². The lowest BCUT2D eigenvalue weighted by Crippen LogP contribution is -2.38. The van der Waals surface area contributed by atoms with Gasteiger partial charge < -0.3 is 10.5 Å². The molecular formula is C9H15N3O2. The maximum atomic E-state index is 11.5. The van der Waals surface area contributed by atoms with E-state index in [4.69, 9.17) is 10.5 Å². The van der Waals surface area contributed by atoms with Crippen LogP contribution in [-0.2, 0) is 15.1 Å². The van der Waals surface area contributed by atoms with E-state index < -0.39 is 5.54 Å². The fourth-order valence-corrected chi connectivity index (χ4v) is 1.32. The molecule has 1 aromatic heterocycles. The van der Waals surface area contributed by atoms with E-state index in [1.807, 2.05) is 6.92 Å². The Kier molecular flexibility index (Phi) is 2.51. The zero-order valence-corrected chi connectivity index (χ0v) is 8.87. The van der Waals surface area contributed by atoms with Crippen molar-refractivity contribution in [1.82, 2.24) is 9.78 Å². The average molecular weight is 197 g/mol. The molecule has 0 aliphatic carbocycles. The SMILES string of the molecule is COC(=O)C(C)(C)n1ncc(N)c1C. The third kappa shape index (κ3) is 1.45. The summed E-state index contributed by atoms with van der Waals surface area (Å²) in [5, 5.41) is 4.05. The largest absolute Gasteiger partial charge is 0.467 e. The molecule has 0 spiro atoms. The van der Waals surface area contributed by atoms with Gasteiger partial charge in [-0.05, 0) is 20.8 Å². The van der Waals surface area contributed by atoms with Gasteiger partial charge in [0.15, 0.2) is 5.54 Å². The summed E-state index contributed by atoms with van der Waals surface area (Å²) in [5.74, 6) is -0.344. The molecule has 5 nitrogen and oxygen atoms in total. The van der Waals surface area contributed by atoms with Crippen molar-refractivity contribution in [3.63, 3.8) is 0 Å². The number of hydrogen-bond donors (Lipinski definition) is 1. The highest BCUT2D eigenvalue weighted by molar-refractivity contribution is 5.77. The van der Waals surface area contributed by atoms with Crippen molar-refractivity contribution >= 4 is 11.7 Å². The molecule has 5 heteroatoms. The minimum atomic E-state index is -0.823. The van der Waals surface area contributed by atoms with Gasteiger partial charge >= 0.3 is 5.97 Å². The second kappa shape index (κ2) is 3.32. The molecule has 0 fully saturated rings. The van der Waals surface area contributed by atoms with Gasteiger partial charge in [0.05, 0.1) is 24.7 Å². The van der Waals surface area contributed by atoms with Crippen LogP contribution in [0.25, 0.3) is 0 Å². The number of nitrogens with zero attached hydrogens (tertiary/aromatic N) is 2.